The number of aromatic nitrogens is 1. The summed E-state index contributed by atoms with van der Waals surface area (Å²) < 4.78 is 5.42. The molecule has 1 fully saturated rings. The molecule has 1 heterocycles. The van der Waals surface area contributed by atoms with E-state index < -0.39 is 0 Å². The quantitative estimate of drug-likeness (QED) is 0.648. The first-order chi connectivity index (χ1) is 13.2. The van der Waals surface area contributed by atoms with Crippen molar-refractivity contribution < 1.29 is 9.53 Å². The number of hydrogen-bond acceptors (Lipinski definition) is 2. The summed E-state index contributed by atoms with van der Waals surface area (Å²) in [6, 6.07) is 14.8. The molecule has 140 valence electrons. The number of H-pyrrole nitrogens is 1. The van der Waals surface area contributed by atoms with E-state index >= 15 is 0 Å². The summed E-state index contributed by atoms with van der Waals surface area (Å²) >= 11 is 0. The van der Waals surface area contributed by atoms with Crippen LogP contribution < -0.4 is 10.1 Å². The highest BCUT2D eigenvalue weighted by Gasteiger charge is 2.27. The van der Waals surface area contributed by atoms with Gasteiger partial charge >= 0.3 is 0 Å². The zero-order valence-electron chi connectivity index (χ0n) is 15.9. The van der Waals surface area contributed by atoms with Gasteiger partial charge in [0, 0.05) is 35.5 Å². The van der Waals surface area contributed by atoms with Crippen LogP contribution in [0.15, 0.2) is 48.7 Å². The van der Waals surface area contributed by atoms with Crippen LogP contribution in [0.1, 0.15) is 48.8 Å². The van der Waals surface area contributed by atoms with Crippen molar-refractivity contribution in [3.63, 3.8) is 0 Å². The molecule has 1 aliphatic rings. The lowest BCUT2D eigenvalue weighted by Gasteiger charge is -2.18. The summed E-state index contributed by atoms with van der Waals surface area (Å²) in [5, 5.41) is 4.33. The van der Waals surface area contributed by atoms with Crippen LogP contribution in [0.4, 0.5) is 0 Å². The van der Waals surface area contributed by atoms with Crippen LogP contribution >= 0.6 is 0 Å². The number of fused-ring (bicyclic) bond motifs is 1. The Morgan fingerprint density at radius 3 is 2.81 bits per heavy atom. The van der Waals surface area contributed by atoms with E-state index in [0.29, 0.717) is 12.5 Å². The minimum absolute atomic E-state index is 0.0142. The molecule has 1 atom stereocenters. The number of hydrogen-bond donors (Lipinski definition) is 2. The van der Waals surface area contributed by atoms with E-state index in [1.165, 1.54) is 22.0 Å². The van der Waals surface area contributed by atoms with Gasteiger partial charge in [-0.25, -0.2) is 0 Å². The second kappa shape index (κ2) is 7.47. The van der Waals surface area contributed by atoms with Crippen LogP contribution in [0.2, 0.25) is 0 Å². The molecule has 1 aromatic heterocycles. The molecule has 4 nitrogen and oxygen atoms in total. The number of methoxy groups -OCH3 is 1. The maximum Gasteiger partial charge on any atom is 0.221 e. The minimum atomic E-state index is -0.0142. The van der Waals surface area contributed by atoms with Crippen LogP contribution in [-0.4, -0.2) is 24.0 Å². The molecule has 2 N–H and O–H groups in total. The number of para-hydroxylation sites is 1. The maximum absolute atomic E-state index is 12.6. The lowest BCUT2D eigenvalue weighted by molar-refractivity contribution is -0.121. The highest BCUT2D eigenvalue weighted by atomic mass is 16.5. The van der Waals surface area contributed by atoms with E-state index in [2.05, 4.69) is 47.7 Å². The van der Waals surface area contributed by atoms with Crippen molar-refractivity contribution >= 4 is 16.8 Å². The van der Waals surface area contributed by atoms with Crippen LogP contribution in [-0.2, 0) is 11.2 Å². The van der Waals surface area contributed by atoms with Crippen molar-refractivity contribution in [3.05, 3.63) is 65.4 Å². The van der Waals surface area contributed by atoms with Gasteiger partial charge in [0.05, 0.1) is 7.11 Å². The molecule has 27 heavy (non-hydrogen) atoms. The van der Waals surface area contributed by atoms with Gasteiger partial charge in [-0.15, -0.1) is 0 Å². The van der Waals surface area contributed by atoms with Gasteiger partial charge in [-0.05, 0) is 48.1 Å². The zero-order valence-corrected chi connectivity index (χ0v) is 15.9. The minimum Gasteiger partial charge on any atom is -0.497 e. The molecule has 1 aliphatic carbocycles. The summed E-state index contributed by atoms with van der Waals surface area (Å²) in [7, 11) is 1.67. The Bertz CT molecular complexity index is 956. The predicted molar refractivity (Wildman–Crippen MR) is 108 cm³/mol. The second-order valence-electron chi connectivity index (χ2n) is 7.31. The molecule has 0 aliphatic heterocycles. The predicted octanol–water partition coefficient (Wildman–Crippen LogP) is 4.54. The normalized spacial score (nSPS) is 14.9. The molecular weight excluding hydrogens is 336 g/mol. The van der Waals surface area contributed by atoms with Crippen molar-refractivity contribution in [2.45, 2.75) is 44.6 Å². The van der Waals surface area contributed by atoms with E-state index in [9.17, 15) is 4.79 Å². The number of carbonyl (C=O) groups excluding carboxylic acids is 1. The number of amides is 1. The van der Waals surface area contributed by atoms with E-state index in [1.807, 2.05) is 18.2 Å². The fraction of sp³-hybridized carbons (Fsp3) is 0.348. The number of rotatable bonds is 7. The molecular formula is C23H26N2O2. The molecule has 1 saturated carbocycles. The van der Waals surface area contributed by atoms with Gasteiger partial charge in [-0.2, -0.15) is 0 Å². The average Bonchev–Trinajstić information content (AvgIpc) is 3.41. The first-order valence-electron chi connectivity index (χ1n) is 9.71. The van der Waals surface area contributed by atoms with E-state index in [-0.39, 0.29) is 11.8 Å². The van der Waals surface area contributed by atoms with Crippen molar-refractivity contribution in [1.82, 2.24) is 10.3 Å². The molecule has 0 unspecified atom stereocenters. The van der Waals surface area contributed by atoms with Gasteiger partial charge in [0.15, 0.2) is 0 Å². The lowest BCUT2D eigenvalue weighted by atomic mass is 9.87. The van der Waals surface area contributed by atoms with Crippen LogP contribution in [0.25, 0.3) is 10.9 Å². The fourth-order valence-corrected chi connectivity index (χ4v) is 3.79. The largest absolute Gasteiger partial charge is 0.497 e. The smallest absolute Gasteiger partial charge is 0.221 e. The fourth-order valence-electron chi connectivity index (χ4n) is 3.79. The van der Waals surface area contributed by atoms with E-state index in [0.717, 1.165) is 30.6 Å². The topological polar surface area (TPSA) is 54.1 Å². The SMILES string of the molecule is CCc1cccc2c([C@H](CC(=O)NC3CC3)c3cccc(OC)c3)c[nH]c12. The standard InChI is InChI=1S/C23H26N2O2/c1-3-15-6-5-9-19-21(14-24-23(15)19)20(13-22(26)25-17-10-11-17)16-7-4-8-18(12-16)27-2/h4-9,12,14,17,20,24H,3,10-11,13H2,1-2H3,(H,25,26)/t20-/m1/s1. The van der Waals surface area contributed by atoms with Crippen molar-refractivity contribution in [1.29, 1.82) is 0 Å². The van der Waals surface area contributed by atoms with Crippen LogP contribution in [0, 0.1) is 0 Å². The van der Waals surface area contributed by atoms with Gasteiger partial charge in [0.1, 0.15) is 5.75 Å². The number of carbonyl (C=O) groups is 1. The molecule has 0 spiro atoms. The van der Waals surface area contributed by atoms with Crippen LogP contribution in [0.3, 0.4) is 0 Å². The number of nitrogens with one attached hydrogen (secondary N) is 2. The molecule has 4 heteroatoms. The van der Waals surface area contributed by atoms with Gasteiger partial charge in [-0.3, -0.25) is 4.79 Å². The highest BCUT2D eigenvalue weighted by Crippen LogP contribution is 2.36. The Hall–Kier alpha value is -2.75. The monoisotopic (exact) mass is 362 g/mol. The van der Waals surface area contributed by atoms with Gasteiger partial charge in [0.25, 0.3) is 0 Å². The Morgan fingerprint density at radius 1 is 1.26 bits per heavy atom. The third kappa shape index (κ3) is 3.70. The third-order valence-electron chi connectivity index (χ3n) is 5.42. The maximum atomic E-state index is 12.6. The van der Waals surface area contributed by atoms with Crippen molar-refractivity contribution in [2.24, 2.45) is 0 Å². The number of aromatic amines is 1. The van der Waals surface area contributed by atoms with Gasteiger partial charge < -0.3 is 15.0 Å². The van der Waals surface area contributed by atoms with Crippen LogP contribution in [0.5, 0.6) is 5.75 Å². The molecule has 3 aromatic rings. The Kier molecular flexibility index (Phi) is 4.88. The Labute approximate surface area is 159 Å². The molecule has 0 saturated heterocycles. The molecule has 0 radical (unpaired) electrons. The first-order valence-corrected chi connectivity index (χ1v) is 9.71. The van der Waals surface area contributed by atoms with Gasteiger partial charge in [-0.1, -0.05) is 37.3 Å². The second-order valence-corrected chi connectivity index (χ2v) is 7.31. The number of ether oxygens (including phenoxy) is 1. The third-order valence-corrected chi connectivity index (χ3v) is 5.42. The lowest BCUT2D eigenvalue weighted by Crippen LogP contribution is -2.27. The number of benzene rings is 2. The highest BCUT2D eigenvalue weighted by molar-refractivity contribution is 5.88. The first kappa shape index (κ1) is 17.7. The average molecular weight is 362 g/mol. The molecule has 2 aromatic carbocycles. The molecule has 0 bridgehead atoms. The van der Waals surface area contributed by atoms with Crippen molar-refractivity contribution in [3.8, 4) is 5.75 Å². The van der Waals surface area contributed by atoms with E-state index in [1.54, 1.807) is 7.11 Å². The van der Waals surface area contributed by atoms with Crippen molar-refractivity contribution in [2.75, 3.05) is 7.11 Å². The zero-order chi connectivity index (χ0) is 18.8. The Morgan fingerprint density at radius 2 is 2.07 bits per heavy atom. The summed E-state index contributed by atoms with van der Waals surface area (Å²) in [6.45, 7) is 2.16. The summed E-state index contributed by atoms with van der Waals surface area (Å²) in [5.41, 5.74) is 4.73. The summed E-state index contributed by atoms with van der Waals surface area (Å²) in [6.07, 6.45) is 5.68. The Balaban J connectivity index is 1.75. The van der Waals surface area contributed by atoms with E-state index in [4.69, 9.17) is 4.74 Å². The summed E-state index contributed by atoms with van der Waals surface area (Å²) in [4.78, 5) is 16.1. The molecule has 4 rings (SSSR count). The number of aryl methyl sites for hydroxylation is 1. The molecule has 1 amide bonds. The summed E-state index contributed by atoms with van der Waals surface area (Å²) in [5.74, 6) is 0.917. The van der Waals surface area contributed by atoms with Gasteiger partial charge in [0.2, 0.25) is 5.91 Å².